The molecule has 0 aliphatic heterocycles. The van der Waals surface area contributed by atoms with E-state index in [4.69, 9.17) is 18.9 Å². The van der Waals surface area contributed by atoms with Crippen molar-refractivity contribution in [3.63, 3.8) is 0 Å². The number of hydrogen-bond donors (Lipinski definition) is 1. The third kappa shape index (κ3) is 5.05. The van der Waals surface area contributed by atoms with Gasteiger partial charge in [-0.1, -0.05) is 12.1 Å². The van der Waals surface area contributed by atoms with E-state index in [9.17, 15) is 5.11 Å². The monoisotopic (exact) mass is 360 g/mol. The van der Waals surface area contributed by atoms with Crippen molar-refractivity contribution in [2.45, 2.75) is 19.3 Å². The number of methoxy groups -OCH3 is 4. The molecule has 2 aromatic rings. The summed E-state index contributed by atoms with van der Waals surface area (Å²) in [5.41, 5.74) is 2.19. The van der Waals surface area contributed by atoms with Crippen LogP contribution >= 0.6 is 0 Å². The van der Waals surface area contributed by atoms with Crippen molar-refractivity contribution in [2.75, 3.05) is 35.0 Å². The summed E-state index contributed by atoms with van der Waals surface area (Å²) < 4.78 is 21.5. The van der Waals surface area contributed by atoms with E-state index in [1.807, 2.05) is 36.4 Å². The summed E-state index contributed by atoms with van der Waals surface area (Å²) in [5, 5.41) is 9.51. The molecule has 0 aliphatic carbocycles. The average molecular weight is 360 g/mol. The van der Waals surface area contributed by atoms with Gasteiger partial charge >= 0.3 is 0 Å². The molecule has 0 bridgehead atoms. The predicted molar refractivity (Wildman–Crippen MR) is 102 cm³/mol. The normalized spacial score (nSPS) is 10.7. The Morgan fingerprint density at radius 2 is 1.19 bits per heavy atom. The van der Waals surface area contributed by atoms with Crippen LogP contribution in [0, 0.1) is 5.92 Å². The lowest BCUT2D eigenvalue weighted by Crippen LogP contribution is -2.12. The number of rotatable bonds is 10. The number of ether oxygens (including phenoxy) is 4. The minimum atomic E-state index is 0.140. The molecule has 142 valence electrons. The summed E-state index contributed by atoms with van der Waals surface area (Å²) in [6, 6.07) is 11.7. The van der Waals surface area contributed by atoms with Crippen LogP contribution in [0.1, 0.15) is 17.5 Å². The Labute approximate surface area is 155 Å². The molecular formula is C21H28O5. The highest BCUT2D eigenvalue weighted by molar-refractivity contribution is 5.43. The van der Waals surface area contributed by atoms with Crippen molar-refractivity contribution in [1.82, 2.24) is 0 Å². The van der Waals surface area contributed by atoms with Gasteiger partial charge in [0.15, 0.2) is 0 Å². The Kier molecular flexibility index (Phi) is 7.60. The highest BCUT2D eigenvalue weighted by Gasteiger charge is 2.17. The Morgan fingerprint density at radius 1 is 0.731 bits per heavy atom. The molecule has 5 heteroatoms. The van der Waals surface area contributed by atoms with Gasteiger partial charge in [-0.05, 0) is 48.4 Å². The van der Waals surface area contributed by atoms with Crippen molar-refractivity contribution >= 4 is 0 Å². The zero-order chi connectivity index (χ0) is 18.9. The second-order valence-corrected chi connectivity index (χ2v) is 6.14. The summed E-state index contributed by atoms with van der Waals surface area (Å²) in [5.74, 6) is 3.38. The quantitative estimate of drug-likeness (QED) is 0.703. The van der Waals surface area contributed by atoms with Crippen molar-refractivity contribution in [2.24, 2.45) is 5.92 Å². The fourth-order valence-corrected chi connectivity index (χ4v) is 3.12. The van der Waals surface area contributed by atoms with Crippen LogP contribution in [0.5, 0.6) is 23.0 Å². The third-order valence-electron chi connectivity index (χ3n) is 4.54. The zero-order valence-electron chi connectivity index (χ0n) is 16.0. The molecule has 0 fully saturated rings. The molecular weight excluding hydrogens is 332 g/mol. The summed E-state index contributed by atoms with van der Waals surface area (Å²) in [7, 11) is 6.59. The van der Waals surface area contributed by atoms with Gasteiger partial charge < -0.3 is 24.1 Å². The molecule has 2 aromatic carbocycles. The van der Waals surface area contributed by atoms with E-state index in [-0.39, 0.29) is 12.5 Å². The van der Waals surface area contributed by atoms with Gasteiger partial charge in [0.1, 0.15) is 23.0 Å². The van der Waals surface area contributed by atoms with Crippen LogP contribution in [-0.4, -0.2) is 40.2 Å². The second kappa shape index (κ2) is 9.92. The fraction of sp³-hybridized carbons (Fsp3) is 0.429. The SMILES string of the molecule is COc1ccc(CC(CCO)Cc2ccc(OC)cc2OC)c(OC)c1. The molecule has 2 rings (SSSR count). The van der Waals surface area contributed by atoms with E-state index in [2.05, 4.69) is 0 Å². The van der Waals surface area contributed by atoms with Crippen LogP contribution in [-0.2, 0) is 12.8 Å². The maximum atomic E-state index is 9.51. The average Bonchev–Trinajstić information content (AvgIpc) is 2.68. The highest BCUT2D eigenvalue weighted by Crippen LogP contribution is 2.31. The Balaban J connectivity index is 2.22. The number of hydrogen-bond acceptors (Lipinski definition) is 5. The molecule has 0 amide bonds. The van der Waals surface area contributed by atoms with Crippen molar-refractivity contribution in [1.29, 1.82) is 0 Å². The van der Waals surface area contributed by atoms with E-state index < -0.39 is 0 Å². The summed E-state index contributed by atoms with van der Waals surface area (Å²) in [6.45, 7) is 0.140. The Hall–Kier alpha value is -2.40. The van der Waals surface area contributed by atoms with Crippen LogP contribution in [0.25, 0.3) is 0 Å². The first kappa shape index (κ1) is 19.9. The number of benzene rings is 2. The van der Waals surface area contributed by atoms with Gasteiger partial charge in [0.05, 0.1) is 28.4 Å². The van der Waals surface area contributed by atoms with Crippen molar-refractivity contribution in [3.8, 4) is 23.0 Å². The lowest BCUT2D eigenvalue weighted by Gasteiger charge is -2.20. The molecule has 0 heterocycles. The van der Waals surface area contributed by atoms with Crippen molar-refractivity contribution in [3.05, 3.63) is 47.5 Å². The number of aliphatic hydroxyl groups is 1. The van der Waals surface area contributed by atoms with Gasteiger partial charge in [-0.3, -0.25) is 0 Å². The Morgan fingerprint density at radius 3 is 1.54 bits per heavy atom. The van der Waals surface area contributed by atoms with Gasteiger partial charge in [0.25, 0.3) is 0 Å². The van der Waals surface area contributed by atoms with Gasteiger partial charge in [-0.15, -0.1) is 0 Å². The molecule has 0 spiro atoms. The van der Waals surface area contributed by atoms with E-state index in [0.29, 0.717) is 6.42 Å². The van der Waals surface area contributed by atoms with Gasteiger partial charge in [-0.25, -0.2) is 0 Å². The van der Waals surface area contributed by atoms with Gasteiger partial charge in [0, 0.05) is 18.7 Å². The third-order valence-corrected chi connectivity index (χ3v) is 4.54. The molecule has 0 unspecified atom stereocenters. The maximum absolute atomic E-state index is 9.51. The van der Waals surface area contributed by atoms with Crippen LogP contribution in [0.4, 0.5) is 0 Å². The van der Waals surface area contributed by atoms with Crippen LogP contribution < -0.4 is 18.9 Å². The van der Waals surface area contributed by atoms with E-state index in [1.165, 1.54) is 0 Å². The van der Waals surface area contributed by atoms with E-state index >= 15 is 0 Å². The predicted octanol–water partition coefficient (Wildman–Crippen LogP) is 3.50. The smallest absolute Gasteiger partial charge is 0.125 e. The summed E-state index contributed by atoms with van der Waals surface area (Å²) >= 11 is 0. The molecule has 0 saturated heterocycles. The minimum Gasteiger partial charge on any atom is -0.497 e. The van der Waals surface area contributed by atoms with Gasteiger partial charge in [0.2, 0.25) is 0 Å². The molecule has 0 aromatic heterocycles. The molecule has 0 radical (unpaired) electrons. The first-order valence-electron chi connectivity index (χ1n) is 8.67. The largest absolute Gasteiger partial charge is 0.497 e. The van der Waals surface area contributed by atoms with Crippen molar-refractivity contribution < 1.29 is 24.1 Å². The maximum Gasteiger partial charge on any atom is 0.125 e. The van der Waals surface area contributed by atoms with Crippen LogP contribution in [0.3, 0.4) is 0 Å². The first-order chi connectivity index (χ1) is 12.6. The second-order valence-electron chi connectivity index (χ2n) is 6.14. The molecule has 26 heavy (non-hydrogen) atoms. The first-order valence-corrected chi connectivity index (χ1v) is 8.67. The topological polar surface area (TPSA) is 57.2 Å². The molecule has 5 nitrogen and oxygen atoms in total. The molecule has 0 aliphatic rings. The fourth-order valence-electron chi connectivity index (χ4n) is 3.12. The molecule has 0 atom stereocenters. The van der Waals surface area contributed by atoms with Crippen LogP contribution in [0.2, 0.25) is 0 Å². The standard InChI is InChI=1S/C21H28O5/c1-23-18-7-5-16(20(13-18)25-3)11-15(9-10-22)12-17-6-8-19(24-2)14-21(17)26-4/h5-8,13-15,22H,9-12H2,1-4H3. The summed E-state index contributed by atoms with van der Waals surface area (Å²) in [4.78, 5) is 0. The molecule has 0 saturated carbocycles. The summed E-state index contributed by atoms with van der Waals surface area (Å²) in [6.07, 6.45) is 2.29. The zero-order valence-corrected chi connectivity index (χ0v) is 16.0. The minimum absolute atomic E-state index is 0.140. The van der Waals surface area contributed by atoms with Crippen LogP contribution in [0.15, 0.2) is 36.4 Å². The highest BCUT2D eigenvalue weighted by atomic mass is 16.5. The van der Waals surface area contributed by atoms with E-state index in [0.717, 1.165) is 47.0 Å². The number of aliphatic hydroxyl groups excluding tert-OH is 1. The lowest BCUT2D eigenvalue weighted by molar-refractivity contribution is 0.254. The lowest BCUT2D eigenvalue weighted by atomic mass is 9.89. The molecule has 1 N–H and O–H groups in total. The van der Waals surface area contributed by atoms with Gasteiger partial charge in [-0.2, -0.15) is 0 Å². The Bertz CT molecular complexity index is 641. The van der Waals surface area contributed by atoms with E-state index in [1.54, 1.807) is 28.4 Å².